The number of hydrogen-bond acceptors (Lipinski definition) is 12. The second-order valence-corrected chi connectivity index (χ2v) is 20.4. The van der Waals surface area contributed by atoms with E-state index >= 15 is 0 Å². The molecule has 6 aromatic rings. The highest BCUT2D eigenvalue weighted by Gasteiger charge is 2.42. The Balaban J connectivity index is 0.711. The van der Waals surface area contributed by atoms with Gasteiger partial charge in [-0.25, -0.2) is 4.79 Å². The SMILES string of the molecule is O=C(c1ccc(C(=O)N2CCC(COc3cccc([C@](O)(C(=O)OCC4CCN(Cc5ccccc5)CC4)c4ccccc4)c3)CC2)s1)N1CCC(CNC[C@H](O)c2ccc(O)c3[nH]c(=O)ccc23)CC1. The number of rotatable bonds is 17. The number of aliphatic hydroxyl groups is 2. The molecule has 0 bridgehead atoms. The average Bonchev–Trinajstić information content (AvgIpc) is 3.91. The topological polar surface area (TPSA) is 185 Å². The lowest BCUT2D eigenvalue weighted by atomic mass is 9.86. The second kappa shape index (κ2) is 22.8. The number of aromatic amines is 1. The van der Waals surface area contributed by atoms with Crippen molar-refractivity contribution in [3.8, 4) is 11.5 Å². The Labute approximate surface area is 417 Å². The van der Waals surface area contributed by atoms with Crippen LogP contribution >= 0.6 is 11.3 Å². The lowest BCUT2D eigenvalue weighted by Crippen LogP contribution is -2.41. The molecule has 0 unspecified atom stereocenters. The van der Waals surface area contributed by atoms with E-state index in [1.165, 1.54) is 29.0 Å². The fourth-order valence-electron chi connectivity index (χ4n) is 10.2. The zero-order valence-electron chi connectivity index (χ0n) is 39.9. The molecular weight excluding hydrogens is 919 g/mol. The summed E-state index contributed by atoms with van der Waals surface area (Å²) in [4.78, 5) is 62.8. The van der Waals surface area contributed by atoms with Gasteiger partial charge in [0.05, 0.1) is 34.6 Å². The molecule has 71 heavy (non-hydrogen) atoms. The van der Waals surface area contributed by atoms with Crippen molar-refractivity contribution < 1.29 is 39.2 Å². The number of esters is 1. The molecule has 2 atom stereocenters. The quantitative estimate of drug-likeness (QED) is 0.0588. The molecule has 3 aliphatic heterocycles. The molecule has 15 heteroatoms. The van der Waals surface area contributed by atoms with Crippen LogP contribution in [0.3, 0.4) is 0 Å². The van der Waals surface area contributed by atoms with Gasteiger partial charge in [-0.15, -0.1) is 11.3 Å². The number of phenolic OH excluding ortho intramolecular Hbond substituents is 1. The summed E-state index contributed by atoms with van der Waals surface area (Å²) in [5, 5.41) is 37.3. The standard InChI is InChI=1S/C56H63N5O9S/c62-47-16-14-45(46-15-19-51(64)58-52(46)47)48(63)34-57-33-38-22-28-60(29-23-38)53(65)49-17-18-50(71-49)54(66)61-30-24-41(25-31-61)36-69-44-13-7-12-43(32-44)56(68,42-10-5-2-6-11-42)55(67)70-37-40-20-26-59(27-21-40)35-39-8-3-1-4-9-39/h1-19,32,38,40-41,48,57,62-63,68H,20-31,33-37H2,(H,58,64)/t48-,56-/m0/s1. The van der Waals surface area contributed by atoms with Crippen LogP contribution in [-0.4, -0.2) is 118 Å². The molecule has 5 heterocycles. The molecular formula is C56H63N5O9S. The summed E-state index contributed by atoms with van der Waals surface area (Å²) in [5.74, 6) is 0.333. The number of benzene rings is 4. The summed E-state index contributed by atoms with van der Waals surface area (Å²) in [5.41, 5.74) is 0.614. The first kappa shape index (κ1) is 49.6. The van der Waals surface area contributed by atoms with Crippen molar-refractivity contribution in [2.45, 2.75) is 56.8 Å². The van der Waals surface area contributed by atoms with Gasteiger partial charge in [0.25, 0.3) is 11.8 Å². The molecule has 5 N–H and O–H groups in total. The van der Waals surface area contributed by atoms with E-state index in [1.807, 2.05) is 28.0 Å². The van der Waals surface area contributed by atoms with Gasteiger partial charge >= 0.3 is 5.97 Å². The Bertz CT molecular complexity index is 2820. The van der Waals surface area contributed by atoms with Crippen LogP contribution in [0.25, 0.3) is 10.9 Å². The average molecular weight is 982 g/mol. The van der Waals surface area contributed by atoms with E-state index in [1.54, 1.807) is 66.7 Å². The van der Waals surface area contributed by atoms with E-state index < -0.39 is 17.7 Å². The van der Waals surface area contributed by atoms with Gasteiger partial charge in [-0.05, 0) is 129 Å². The number of hydrogen-bond donors (Lipinski definition) is 5. The predicted octanol–water partition coefficient (Wildman–Crippen LogP) is 7.09. The minimum atomic E-state index is -2.03. The number of carbonyl (C=O) groups excluding carboxylic acids is 3. The van der Waals surface area contributed by atoms with Gasteiger partial charge < -0.3 is 44.9 Å². The van der Waals surface area contributed by atoms with Crippen LogP contribution in [0.4, 0.5) is 0 Å². The number of likely N-dealkylation sites (tertiary alicyclic amines) is 3. The number of ether oxygens (including phenoxy) is 2. The lowest BCUT2D eigenvalue weighted by molar-refractivity contribution is -0.164. The molecule has 0 saturated carbocycles. The van der Waals surface area contributed by atoms with Crippen LogP contribution in [0.1, 0.15) is 86.2 Å². The highest BCUT2D eigenvalue weighted by molar-refractivity contribution is 7.15. The number of aromatic nitrogens is 1. The summed E-state index contributed by atoms with van der Waals surface area (Å²) < 4.78 is 12.2. The zero-order valence-corrected chi connectivity index (χ0v) is 40.7. The van der Waals surface area contributed by atoms with Crippen molar-refractivity contribution in [2.24, 2.45) is 17.8 Å². The van der Waals surface area contributed by atoms with Gasteiger partial charge in [-0.2, -0.15) is 0 Å². The molecule has 0 radical (unpaired) electrons. The van der Waals surface area contributed by atoms with Gasteiger partial charge in [0.2, 0.25) is 11.2 Å². The highest BCUT2D eigenvalue weighted by atomic mass is 32.1. The van der Waals surface area contributed by atoms with Gasteiger partial charge in [0.1, 0.15) is 11.5 Å². The fourth-order valence-corrected chi connectivity index (χ4v) is 11.1. The van der Waals surface area contributed by atoms with Crippen molar-refractivity contribution in [3.63, 3.8) is 0 Å². The van der Waals surface area contributed by atoms with E-state index in [0.717, 1.165) is 58.2 Å². The number of phenols is 1. The molecule has 14 nitrogen and oxygen atoms in total. The number of aromatic hydroxyl groups is 1. The summed E-state index contributed by atoms with van der Waals surface area (Å²) in [6.07, 6.45) is 4.07. The zero-order chi connectivity index (χ0) is 49.3. The minimum absolute atomic E-state index is 0.0524. The molecule has 2 amide bonds. The van der Waals surface area contributed by atoms with E-state index in [2.05, 4.69) is 39.5 Å². The largest absolute Gasteiger partial charge is 0.506 e. The number of nitrogens with zero attached hydrogens (tertiary/aromatic N) is 3. The third-order valence-corrected chi connectivity index (χ3v) is 15.6. The van der Waals surface area contributed by atoms with Crippen molar-refractivity contribution in [1.82, 2.24) is 25.0 Å². The molecule has 0 aliphatic carbocycles. The number of aliphatic hydroxyl groups excluding tert-OH is 1. The van der Waals surface area contributed by atoms with Crippen LogP contribution in [0.5, 0.6) is 11.5 Å². The number of carbonyl (C=O) groups is 3. The van der Waals surface area contributed by atoms with Crippen LogP contribution < -0.4 is 15.6 Å². The predicted molar refractivity (Wildman–Crippen MR) is 272 cm³/mol. The molecule has 9 rings (SSSR count). The number of pyridine rings is 1. The van der Waals surface area contributed by atoms with Crippen molar-refractivity contribution in [3.05, 3.63) is 164 Å². The van der Waals surface area contributed by atoms with Crippen molar-refractivity contribution >= 4 is 40.0 Å². The Morgan fingerprint density at radius 3 is 1.99 bits per heavy atom. The number of H-pyrrole nitrogens is 1. The maximum Gasteiger partial charge on any atom is 0.347 e. The van der Waals surface area contributed by atoms with E-state index in [4.69, 9.17) is 9.47 Å². The molecule has 372 valence electrons. The van der Waals surface area contributed by atoms with E-state index in [0.29, 0.717) is 94.9 Å². The van der Waals surface area contributed by atoms with Gasteiger partial charge in [-0.1, -0.05) is 78.9 Å². The molecule has 2 aromatic heterocycles. The Morgan fingerprint density at radius 1 is 0.704 bits per heavy atom. The van der Waals surface area contributed by atoms with E-state index in [-0.39, 0.29) is 41.6 Å². The molecule has 0 spiro atoms. The van der Waals surface area contributed by atoms with E-state index in [9.17, 15) is 34.5 Å². The number of thiophene rings is 1. The summed E-state index contributed by atoms with van der Waals surface area (Å²) in [6.45, 7) is 6.67. The highest BCUT2D eigenvalue weighted by Crippen LogP contribution is 2.35. The Morgan fingerprint density at radius 2 is 1.31 bits per heavy atom. The van der Waals surface area contributed by atoms with Gasteiger partial charge in [0, 0.05) is 56.3 Å². The van der Waals surface area contributed by atoms with Gasteiger partial charge in [0.15, 0.2) is 0 Å². The number of fused-ring (bicyclic) bond motifs is 1. The van der Waals surface area contributed by atoms with Crippen LogP contribution in [-0.2, 0) is 21.7 Å². The third-order valence-electron chi connectivity index (χ3n) is 14.5. The summed E-state index contributed by atoms with van der Waals surface area (Å²) in [6, 6.07) is 36.0. The minimum Gasteiger partial charge on any atom is -0.506 e. The monoisotopic (exact) mass is 981 g/mol. The van der Waals surface area contributed by atoms with Crippen LogP contribution in [0.2, 0.25) is 0 Å². The number of piperidine rings is 3. The Hall–Kier alpha value is -6.36. The fraction of sp³-hybridized carbons (Fsp3) is 0.393. The van der Waals surface area contributed by atoms with Crippen molar-refractivity contribution in [2.75, 3.05) is 65.6 Å². The molecule has 4 aromatic carbocycles. The van der Waals surface area contributed by atoms with Gasteiger partial charge in [-0.3, -0.25) is 19.3 Å². The first-order valence-electron chi connectivity index (χ1n) is 24.9. The lowest BCUT2D eigenvalue weighted by Gasteiger charge is -2.33. The first-order chi connectivity index (χ1) is 34.5. The third kappa shape index (κ3) is 11.9. The maximum atomic E-state index is 14.0. The molecule has 3 fully saturated rings. The summed E-state index contributed by atoms with van der Waals surface area (Å²) >= 11 is 1.24. The molecule has 3 aliphatic rings. The summed E-state index contributed by atoms with van der Waals surface area (Å²) in [7, 11) is 0. The van der Waals surface area contributed by atoms with Crippen LogP contribution in [0.15, 0.2) is 126 Å². The number of nitrogens with one attached hydrogen (secondary N) is 2. The van der Waals surface area contributed by atoms with Crippen LogP contribution in [0, 0.1) is 17.8 Å². The first-order valence-corrected chi connectivity index (χ1v) is 25.7. The molecule has 3 saturated heterocycles. The maximum absolute atomic E-state index is 14.0. The van der Waals surface area contributed by atoms with Crippen molar-refractivity contribution in [1.29, 1.82) is 0 Å². The smallest absolute Gasteiger partial charge is 0.347 e. The second-order valence-electron chi connectivity index (χ2n) is 19.3. The normalized spacial score (nSPS) is 17.7. The Kier molecular flexibility index (Phi) is 15.9. The number of amides is 2.